The average molecular weight is 529 g/mol. The summed E-state index contributed by atoms with van der Waals surface area (Å²) in [5.41, 5.74) is -0.327. The molecule has 0 radical (unpaired) electrons. The molecule has 1 heterocycles. The lowest BCUT2D eigenvalue weighted by Gasteiger charge is -2.21. The number of amides is 2. The van der Waals surface area contributed by atoms with Crippen molar-refractivity contribution in [2.24, 2.45) is 0 Å². The minimum atomic E-state index is -1.74. The lowest BCUT2D eigenvalue weighted by atomic mass is 10.2. The number of carbonyl (C=O) groups is 4. The number of halogens is 1. The molecule has 3 N–H and O–H groups in total. The molecule has 3 rings (SSSR count). The zero-order valence-corrected chi connectivity index (χ0v) is 20.2. The van der Waals surface area contributed by atoms with Crippen LogP contribution in [0.2, 0.25) is 0 Å². The summed E-state index contributed by atoms with van der Waals surface area (Å²) in [7, 11) is 1.38. The topological polar surface area (TPSA) is 159 Å². The quantitative estimate of drug-likeness (QED) is 0.305. The highest BCUT2D eigenvalue weighted by Crippen LogP contribution is 2.25. The Labute approximate surface area is 214 Å². The predicted octanol–water partition coefficient (Wildman–Crippen LogP) is 1.66. The number of anilines is 1. The zero-order chi connectivity index (χ0) is 27.3. The van der Waals surface area contributed by atoms with Crippen LogP contribution in [0.5, 0.6) is 0 Å². The molecule has 11 nitrogen and oxygen atoms in total. The van der Waals surface area contributed by atoms with Crippen LogP contribution in [0.25, 0.3) is 11.4 Å². The van der Waals surface area contributed by atoms with Crippen molar-refractivity contribution in [3.05, 3.63) is 76.3 Å². The molecule has 0 spiro atoms. The Kier molecular flexibility index (Phi) is 8.40. The largest absolute Gasteiger partial charge is 0.481 e. The van der Waals surface area contributed by atoms with Crippen LogP contribution >= 0.6 is 12.6 Å². The Morgan fingerprint density at radius 3 is 2.27 bits per heavy atom. The first-order chi connectivity index (χ1) is 17.5. The van der Waals surface area contributed by atoms with E-state index in [1.165, 1.54) is 19.2 Å². The molecule has 0 saturated carbocycles. The van der Waals surface area contributed by atoms with Gasteiger partial charge in [0, 0.05) is 18.2 Å². The maximum Gasteiger partial charge on any atom is 0.326 e. The highest BCUT2D eigenvalue weighted by Gasteiger charge is 2.26. The van der Waals surface area contributed by atoms with Gasteiger partial charge < -0.3 is 15.5 Å². The third-order valence-corrected chi connectivity index (χ3v) is 5.58. The number of nitrogens with one attached hydrogen (secondary N) is 1. The van der Waals surface area contributed by atoms with E-state index >= 15 is 0 Å². The Hall–Kier alpha value is -4.52. The smallest absolute Gasteiger partial charge is 0.326 e. The SMILES string of the molecule is CN(C(=O)c1ccccc1)c1nc(-c2ccc(F)cc2)n(CC(=O)N[C@@H](CC(=O)O)C(=O)O)c(=O)c1S. The number of rotatable bonds is 9. The number of carbonyl (C=O) groups excluding carboxylic acids is 2. The number of carboxylic acid groups (broad SMARTS) is 2. The van der Waals surface area contributed by atoms with Gasteiger partial charge in [-0.3, -0.25) is 28.6 Å². The molecule has 0 unspecified atom stereocenters. The van der Waals surface area contributed by atoms with Crippen LogP contribution in [-0.2, 0) is 20.9 Å². The third kappa shape index (κ3) is 6.38. The van der Waals surface area contributed by atoms with Crippen molar-refractivity contribution in [2.75, 3.05) is 11.9 Å². The van der Waals surface area contributed by atoms with Crippen LogP contribution in [0.4, 0.5) is 10.2 Å². The second-order valence-electron chi connectivity index (χ2n) is 7.79. The fourth-order valence-corrected chi connectivity index (χ4v) is 3.68. The van der Waals surface area contributed by atoms with Crippen LogP contribution in [0.1, 0.15) is 16.8 Å². The van der Waals surface area contributed by atoms with Gasteiger partial charge in [0.15, 0.2) is 5.82 Å². The van der Waals surface area contributed by atoms with E-state index in [-0.39, 0.29) is 22.1 Å². The Morgan fingerprint density at radius 1 is 1.08 bits per heavy atom. The molecule has 192 valence electrons. The van der Waals surface area contributed by atoms with E-state index in [1.54, 1.807) is 30.3 Å². The normalized spacial score (nSPS) is 11.4. The summed E-state index contributed by atoms with van der Waals surface area (Å²) >= 11 is 4.22. The summed E-state index contributed by atoms with van der Waals surface area (Å²) in [5.74, 6) is -5.36. The molecule has 1 aromatic heterocycles. The summed E-state index contributed by atoms with van der Waals surface area (Å²) in [5, 5.41) is 20.1. The van der Waals surface area contributed by atoms with Crippen molar-refractivity contribution >= 4 is 42.2 Å². The molecule has 0 aliphatic carbocycles. The molecular formula is C24H21FN4O7S. The lowest BCUT2D eigenvalue weighted by Crippen LogP contribution is -2.45. The molecule has 0 aliphatic rings. The van der Waals surface area contributed by atoms with Gasteiger partial charge in [-0.05, 0) is 36.4 Å². The first-order valence-electron chi connectivity index (χ1n) is 10.7. The average Bonchev–Trinajstić information content (AvgIpc) is 2.86. The summed E-state index contributed by atoms with van der Waals surface area (Å²) in [6.45, 7) is -0.758. The van der Waals surface area contributed by atoms with Crippen molar-refractivity contribution < 1.29 is 33.8 Å². The fraction of sp³-hybridized carbons (Fsp3) is 0.167. The van der Waals surface area contributed by atoms with Gasteiger partial charge in [0.05, 0.1) is 6.42 Å². The van der Waals surface area contributed by atoms with Crippen molar-refractivity contribution in [3.8, 4) is 11.4 Å². The fourth-order valence-electron chi connectivity index (χ4n) is 3.36. The lowest BCUT2D eigenvalue weighted by molar-refractivity contribution is -0.147. The zero-order valence-electron chi connectivity index (χ0n) is 19.3. The maximum absolute atomic E-state index is 13.6. The number of carboxylic acids is 2. The molecule has 2 amide bonds. The number of benzene rings is 2. The second-order valence-corrected chi connectivity index (χ2v) is 8.24. The first kappa shape index (κ1) is 27.1. The van der Waals surface area contributed by atoms with E-state index < -0.39 is 54.1 Å². The highest BCUT2D eigenvalue weighted by molar-refractivity contribution is 7.80. The number of aromatic nitrogens is 2. The van der Waals surface area contributed by atoms with E-state index in [9.17, 15) is 33.5 Å². The molecule has 0 fully saturated rings. The minimum absolute atomic E-state index is 0.132. The van der Waals surface area contributed by atoms with Crippen molar-refractivity contribution in [1.29, 1.82) is 0 Å². The Morgan fingerprint density at radius 2 is 1.70 bits per heavy atom. The van der Waals surface area contributed by atoms with E-state index in [2.05, 4.69) is 22.9 Å². The Balaban J connectivity index is 2.07. The van der Waals surface area contributed by atoms with Crippen molar-refractivity contribution in [1.82, 2.24) is 14.9 Å². The molecule has 2 aromatic carbocycles. The summed E-state index contributed by atoms with van der Waals surface area (Å²) in [6, 6.07) is 11.2. The van der Waals surface area contributed by atoms with Crippen LogP contribution < -0.4 is 15.8 Å². The summed E-state index contributed by atoms with van der Waals surface area (Å²) in [6.07, 6.45) is -0.887. The molecule has 3 aromatic rings. The minimum Gasteiger partial charge on any atom is -0.481 e. The number of hydrogen-bond acceptors (Lipinski definition) is 7. The van der Waals surface area contributed by atoms with E-state index in [4.69, 9.17) is 5.11 Å². The van der Waals surface area contributed by atoms with Gasteiger partial charge >= 0.3 is 11.9 Å². The first-order valence-corrected chi connectivity index (χ1v) is 11.1. The predicted molar refractivity (Wildman–Crippen MR) is 132 cm³/mol. The van der Waals surface area contributed by atoms with Gasteiger partial charge in [0.25, 0.3) is 11.5 Å². The molecule has 37 heavy (non-hydrogen) atoms. The maximum atomic E-state index is 13.6. The Bertz CT molecular complexity index is 1410. The number of hydrogen-bond donors (Lipinski definition) is 4. The molecule has 0 aliphatic heterocycles. The van der Waals surface area contributed by atoms with Gasteiger partial charge in [-0.25, -0.2) is 14.2 Å². The summed E-state index contributed by atoms with van der Waals surface area (Å²) < 4.78 is 14.4. The van der Waals surface area contributed by atoms with Crippen molar-refractivity contribution in [2.45, 2.75) is 23.9 Å². The number of thiol groups is 1. The van der Waals surface area contributed by atoms with Gasteiger partial charge in [-0.2, -0.15) is 0 Å². The van der Waals surface area contributed by atoms with Crippen LogP contribution in [0.3, 0.4) is 0 Å². The van der Waals surface area contributed by atoms with E-state index in [0.717, 1.165) is 21.6 Å². The van der Waals surface area contributed by atoms with E-state index in [0.29, 0.717) is 5.56 Å². The molecular weight excluding hydrogens is 507 g/mol. The van der Waals surface area contributed by atoms with Crippen molar-refractivity contribution in [3.63, 3.8) is 0 Å². The van der Waals surface area contributed by atoms with Gasteiger partial charge in [-0.15, -0.1) is 12.6 Å². The number of nitrogens with zero attached hydrogens (tertiary/aromatic N) is 3. The highest BCUT2D eigenvalue weighted by atomic mass is 32.1. The van der Waals surface area contributed by atoms with Gasteiger partial charge in [0.2, 0.25) is 5.91 Å². The van der Waals surface area contributed by atoms with Gasteiger partial charge in [-0.1, -0.05) is 18.2 Å². The second kappa shape index (κ2) is 11.5. The van der Waals surface area contributed by atoms with Crippen LogP contribution in [0.15, 0.2) is 64.3 Å². The monoisotopic (exact) mass is 528 g/mol. The summed E-state index contributed by atoms with van der Waals surface area (Å²) in [4.78, 5) is 66.3. The molecule has 0 saturated heterocycles. The standard InChI is InChI=1S/C24H21FN4O7S/c1-28(22(33)14-5-3-2-4-6-14)21-19(37)23(34)29(20(27-21)13-7-9-15(25)10-8-13)12-17(30)26-16(24(35)36)11-18(31)32/h2-10,16,37H,11-12H2,1H3,(H,26,30)(H,31,32)(H,35,36)/t16-/m0/s1. The third-order valence-electron chi connectivity index (χ3n) is 5.19. The number of aliphatic carboxylic acids is 2. The van der Waals surface area contributed by atoms with E-state index in [1.807, 2.05) is 0 Å². The van der Waals surface area contributed by atoms with Crippen LogP contribution in [0, 0.1) is 5.82 Å². The molecule has 13 heteroatoms. The molecule has 1 atom stereocenters. The molecule has 0 bridgehead atoms. The van der Waals surface area contributed by atoms with Gasteiger partial charge in [0.1, 0.15) is 29.1 Å². The van der Waals surface area contributed by atoms with Crippen LogP contribution in [-0.4, -0.2) is 56.6 Å².